The zero-order chi connectivity index (χ0) is 18.1. The largest absolute Gasteiger partial charge is 0.316 e. The van der Waals surface area contributed by atoms with Crippen molar-refractivity contribution in [2.45, 2.75) is 18.3 Å². The van der Waals surface area contributed by atoms with Crippen LogP contribution in [-0.4, -0.2) is 22.9 Å². The molecule has 1 aliphatic rings. The lowest BCUT2D eigenvalue weighted by atomic mass is 9.79. The number of hydrogen-bond donors (Lipinski definition) is 1. The Bertz CT molecular complexity index is 885. The van der Waals surface area contributed by atoms with E-state index in [1.54, 1.807) is 12.1 Å². The lowest BCUT2D eigenvalue weighted by Crippen LogP contribution is -2.34. The second kappa shape index (κ2) is 7.00. The van der Waals surface area contributed by atoms with Gasteiger partial charge >= 0.3 is 0 Å². The summed E-state index contributed by atoms with van der Waals surface area (Å²) < 4.78 is 28.4. The Morgan fingerprint density at radius 3 is 2.31 bits per heavy atom. The van der Waals surface area contributed by atoms with E-state index in [0.29, 0.717) is 0 Å². The summed E-state index contributed by atoms with van der Waals surface area (Å²) in [7, 11) is 1.91. The molecule has 4 rings (SSSR count). The molecule has 0 bridgehead atoms. The molecule has 1 aromatic heterocycles. The smallest absolute Gasteiger partial charge is 0.123 e. The molecule has 1 saturated heterocycles. The van der Waals surface area contributed by atoms with E-state index in [9.17, 15) is 8.78 Å². The number of nitrogens with one attached hydrogen (secondary N) is 1. The molecule has 1 N–H and O–H groups in total. The first-order chi connectivity index (χ1) is 12.6. The third kappa shape index (κ3) is 3.27. The molecule has 0 unspecified atom stereocenters. The van der Waals surface area contributed by atoms with Crippen LogP contribution < -0.4 is 5.32 Å². The van der Waals surface area contributed by atoms with E-state index in [1.165, 1.54) is 24.3 Å². The van der Waals surface area contributed by atoms with E-state index < -0.39 is 0 Å². The summed E-state index contributed by atoms with van der Waals surface area (Å²) in [5, 5.41) is 8.18. The molecule has 2 heterocycles. The van der Waals surface area contributed by atoms with Crippen LogP contribution in [0, 0.1) is 11.6 Å². The molecule has 3 nitrogen and oxygen atoms in total. The van der Waals surface area contributed by atoms with Gasteiger partial charge in [-0.3, -0.25) is 4.68 Å². The second-order valence-corrected chi connectivity index (χ2v) is 6.84. The minimum absolute atomic E-state index is 0.217. The average molecular weight is 353 g/mol. The van der Waals surface area contributed by atoms with Crippen molar-refractivity contribution in [3.8, 4) is 11.3 Å². The lowest BCUT2D eigenvalue weighted by Gasteiger charge is -2.31. The van der Waals surface area contributed by atoms with E-state index in [1.807, 2.05) is 23.9 Å². The predicted molar refractivity (Wildman–Crippen MR) is 98.0 cm³/mol. The van der Waals surface area contributed by atoms with Crippen LogP contribution in [0.2, 0.25) is 0 Å². The molecule has 134 valence electrons. The van der Waals surface area contributed by atoms with Crippen LogP contribution in [0.1, 0.15) is 29.5 Å². The quantitative estimate of drug-likeness (QED) is 0.764. The summed E-state index contributed by atoms with van der Waals surface area (Å²) in [5.74, 6) is 0.0544. The topological polar surface area (TPSA) is 29.9 Å². The van der Waals surface area contributed by atoms with Crippen LogP contribution in [-0.2, 0) is 7.05 Å². The van der Waals surface area contributed by atoms with E-state index in [2.05, 4.69) is 11.4 Å². The predicted octanol–water partition coefficient (Wildman–Crippen LogP) is 4.23. The Hall–Kier alpha value is -2.53. The number of piperidine rings is 1. The van der Waals surface area contributed by atoms with Gasteiger partial charge in [-0.25, -0.2) is 8.78 Å². The molecule has 26 heavy (non-hydrogen) atoms. The average Bonchev–Trinajstić information content (AvgIpc) is 3.05. The fourth-order valence-corrected chi connectivity index (χ4v) is 3.83. The maximum atomic E-state index is 13.3. The molecular weight excluding hydrogens is 332 g/mol. The normalized spacial score (nSPS) is 20.3. The maximum absolute atomic E-state index is 13.3. The highest BCUT2D eigenvalue weighted by atomic mass is 19.1. The van der Waals surface area contributed by atoms with Gasteiger partial charge < -0.3 is 5.32 Å². The highest BCUT2D eigenvalue weighted by molar-refractivity contribution is 5.60. The van der Waals surface area contributed by atoms with Gasteiger partial charge in [0.1, 0.15) is 11.6 Å². The summed E-state index contributed by atoms with van der Waals surface area (Å²) in [6.07, 6.45) is 0.974. The van der Waals surface area contributed by atoms with Crippen molar-refractivity contribution in [3.63, 3.8) is 0 Å². The number of aryl methyl sites for hydroxylation is 1. The van der Waals surface area contributed by atoms with Crippen molar-refractivity contribution in [2.75, 3.05) is 13.1 Å². The molecule has 2 atom stereocenters. The third-order valence-corrected chi connectivity index (χ3v) is 5.20. The molecule has 1 fully saturated rings. The second-order valence-electron chi connectivity index (χ2n) is 6.84. The van der Waals surface area contributed by atoms with Crippen LogP contribution in [0.5, 0.6) is 0 Å². The Labute approximate surface area is 151 Å². The number of hydrogen-bond acceptors (Lipinski definition) is 2. The lowest BCUT2D eigenvalue weighted by molar-refractivity contribution is 0.395. The molecule has 1 aliphatic heterocycles. The van der Waals surface area contributed by atoms with Crippen LogP contribution in [0.3, 0.4) is 0 Å². The minimum Gasteiger partial charge on any atom is -0.316 e. The van der Waals surface area contributed by atoms with Crippen LogP contribution in [0.15, 0.2) is 54.6 Å². The molecule has 0 amide bonds. The van der Waals surface area contributed by atoms with Crippen molar-refractivity contribution >= 4 is 0 Å². The molecule has 0 radical (unpaired) electrons. The van der Waals surface area contributed by atoms with Gasteiger partial charge in [0.15, 0.2) is 0 Å². The maximum Gasteiger partial charge on any atom is 0.123 e. The molecule has 0 spiro atoms. The first kappa shape index (κ1) is 16.9. The summed E-state index contributed by atoms with van der Waals surface area (Å²) in [6.45, 7) is 1.78. The van der Waals surface area contributed by atoms with Gasteiger partial charge in [0.05, 0.1) is 11.4 Å². The van der Waals surface area contributed by atoms with Crippen molar-refractivity contribution < 1.29 is 8.78 Å². The van der Waals surface area contributed by atoms with Crippen molar-refractivity contribution in [3.05, 3.63) is 77.5 Å². The van der Waals surface area contributed by atoms with Gasteiger partial charge in [0.25, 0.3) is 0 Å². The zero-order valence-electron chi connectivity index (χ0n) is 14.6. The molecule has 2 aromatic carbocycles. The molecule has 3 aromatic rings. The number of aromatic nitrogens is 2. The summed E-state index contributed by atoms with van der Waals surface area (Å²) in [4.78, 5) is 0. The third-order valence-electron chi connectivity index (χ3n) is 5.20. The summed E-state index contributed by atoms with van der Waals surface area (Å²) >= 11 is 0. The Kier molecular flexibility index (Phi) is 4.55. The molecule has 5 heteroatoms. The molecular formula is C21H21F2N3. The van der Waals surface area contributed by atoms with Gasteiger partial charge in [-0.05, 0) is 66.6 Å². The number of halogens is 2. The van der Waals surface area contributed by atoms with Crippen LogP contribution in [0.25, 0.3) is 11.3 Å². The Morgan fingerprint density at radius 2 is 1.62 bits per heavy atom. The van der Waals surface area contributed by atoms with E-state index >= 15 is 0 Å². The number of benzene rings is 2. The number of nitrogens with zero attached hydrogens (tertiary/aromatic N) is 2. The van der Waals surface area contributed by atoms with E-state index in [-0.39, 0.29) is 23.5 Å². The zero-order valence-corrected chi connectivity index (χ0v) is 14.6. The Balaban J connectivity index is 1.67. The van der Waals surface area contributed by atoms with Gasteiger partial charge in [0, 0.05) is 25.4 Å². The fourth-order valence-electron chi connectivity index (χ4n) is 3.83. The van der Waals surface area contributed by atoms with Gasteiger partial charge in [0.2, 0.25) is 0 Å². The number of rotatable bonds is 3. The monoisotopic (exact) mass is 353 g/mol. The van der Waals surface area contributed by atoms with Crippen LogP contribution >= 0.6 is 0 Å². The highest BCUT2D eigenvalue weighted by Gasteiger charge is 2.30. The van der Waals surface area contributed by atoms with Gasteiger partial charge in [-0.1, -0.05) is 12.1 Å². The van der Waals surface area contributed by atoms with Gasteiger partial charge in [-0.2, -0.15) is 5.10 Å². The molecule has 0 saturated carbocycles. The first-order valence-electron chi connectivity index (χ1n) is 8.88. The van der Waals surface area contributed by atoms with Crippen LogP contribution in [0.4, 0.5) is 8.78 Å². The van der Waals surface area contributed by atoms with Crippen molar-refractivity contribution in [1.82, 2.24) is 15.1 Å². The van der Waals surface area contributed by atoms with Crippen molar-refractivity contribution in [2.24, 2.45) is 7.05 Å². The SMILES string of the molecule is Cn1nc([C@@H]2CCNC[C@H]2c2ccc(F)cc2)cc1-c1ccc(F)cc1. The summed E-state index contributed by atoms with van der Waals surface area (Å²) in [6, 6.07) is 15.3. The minimum atomic E-state index is -0.245. The first-order valence-corrected chi connectivity index (χ1v) is 8.88. The van der Waals surface area contributed by atoms with Crippen molar-refractivity contribution in [1.29, 1.82) is 0 Å². The van der Waals surface area contributed by atoms with Gasteiger partial charge in [-0.15, -0.1) is 0 Å². The Morgan fingerprint density at radius 1 is 0.962 bits per heavy atom. The van der Waals surface area contributed by atoms with E-state index in [4.69, 9.17) is 5.10 Å². The molecule has 0 aliphatic carbocycles. The highest BCUT2D eigenvalue weighted by Crippen LogP contribution is 2.38. The summed E-state index contributed by atoms with van der Waals surface area (Å²) in [5.41, 5.74) is 4.07. The standard InChI is InChI=1S/C21H21F2N3/c1-26-21(15-4-8-17(23)9-5-15)12-20(25-26)18-10-11-24-13-19(18)14-2-6-16(22)7-3-14/h2-9,12,18-19,24H,10-11,13H2,1H3/t18-,19+/m1/s1. The van der Waals surface area contributed by atoms with E-state index in [0.717, 1.165) is 42.0 Å². The fraction of sp³-hybridized carbons (Fsp3) is 0.286.